The Labute approximate surface area is 165 Å². The van der Waals surface area contributed by atoms with E-state index in [0.29, 0.717) is 17.2 Å². The molecule has 1 saturated heterocycles. The van der Waals surface area contributed by atoms with Gasteiger partial charge in [0.25, 0.3) is 5.56 Å². The van der Waals surface area contributed by atoms with Crippen LogP contribution in [0.3, 0.4) is 0 Å². The Balaban J connectivity index is 1.78. The van der Waals surface area contributed by atoms with E-state index in [-0.39, 0.29) is 11.4 Å². The van der Waals surface area contributed by atoms with Crippen molar-refractivity contribution < 1.29 is 9.59 Å². The number of hydrogen-bond donors (Lipinski definition) is 3. The fourth-order valence-electron chi connectivity index (χ4n) is 4.67. The highest BCUT2D eigenvalue weighted by Gasteiger charge is 2.61. The number of piperidine rings is 1. The standard InChI is InChI=1S/C20H18N6O3/c21-10-12-16(27)23-15-14(17(28)25-19(24-15)26-8-4-1-5-9-26)20(12)11-6-2-3-7-13(11)22-18(20)29/h2-3,6-7,12H,1,4-5,8-9H2,(H,22,29)(H2,23,24,25,27,28). The van der Waals surface area contributed by atoms with Crippen LogP contribution in [0, 0.1) is 17.2 Å². The molecule has 5 rings (SSSR count). The lowest BCUT2D eigenvalue weighted by Gasteiger charge is -2.36. The van der Waals surface area contributed by atoms with Crippen molar-refractivity contribution in [2.75, 3.05) is 28.6 Å². The minimum absolute atomic E-state index is 0.00635. The third-order valence-electron chi connectivity index (χ3n) is 5.98. The smallest absolute Gasteiger partial charge is 0.259 e. The summed E-state index contributed by atoms with van der Waals surface area (Å²) in [6, 6.07) is 8.75. The van der Waals surface area contributed by atoms with Crippen molar-refractivity contribution in [3.05, 3.63) is 45.7 Å². The van der Waals surface area contributed by atoms with Gasteiger partial charge in [-0.25, -0.2) is 0 Å². The second kappa shape index (κ2) is 6.17. The van der Waals surface area contributed by atoms with Gasteiger partial charge in [-0.1, -0.05) is 18.2 Å². The molecule has 0 aliphatic carbocycles. The quantitative estimate of drug-likeness (QED) is 0.668. The van der Waals surface area contributed by atoms with E-state index < -0.39 is 28.7 Å². The summed E-state index contributed by atoms with van der Waals surface area (Å²) in [5.41, 5.74) is -1.33. The van der Waals surface area contributed by atoms with Gasteiger partial charge in [0.1, 0.15) is 17.2 Å². The minimum Gasteiger partial charge on any atom is -0.342 e. The number of nitrogens with zero attached hydrogens (tertiary/aromatic N) is 3. The zero-order valence-corrected chi connectivity index (χ0v) is 15.5. The third kappa shape index (κ3) is 2.26. The van der Waals surface area contributed by atoms with Crippen molar-refractivity contribution >= 4 is 29.3 Å². The molecule has 4 heterocycles. The van der Waals surface area contributed by atoms with Gasteiger partial charge in [0.2, 0.25) is 17.8 Å². The molecule has 0 saturated carbocycles. The molecule has 1 spiro atoms. The number of aromatic amines is 1. The number of carbonyl (C=O) groups is 2. The van der Waals surface area contributed by atoms with Crippen molar-refractivity contribution in [3.63, 3.8) is 0 Å². The molecule has 29 heavy (non-hydrogen) atoms. The molecule has 1 aromatic heterocycles. The normalized spacial score (nSPS) is 25.1. The number of nitrogens with one attached hydrogen (secondary N) is 3. The molecular formula is C20H18N6O3. The largest absolute Gasteiger partial charge is 0.342 e. The second-order valence-electron chi connectivity index (χ2n) is 7.52. The summed E-state index contributed by atoms with van der Waals surface area (Å²) in [5.74, 6) is -2.19. The molecule has 2 atom stereocenters. The first-order valence-electron chi connectivity index (χ1n) is 9.58. The Kier molecular flexibility index (Phi) is 3.71. The number of aromatic nitrogens is 2. The Hall–Kier alpha value is -3.67. The lowest BCUT2D eigenvalue weighted by atomic mass is 9.65. The van der Waals surface area contributed by atoms with Crippen molar-refractivity contribution in [1.82, 2.24) is 9.97 Å². The molecule has 3 aliphatic heterocycles. The van der Waals surface area contributed by atoms with Crippen LogP contribution >= 0.6 is 0 Å². The van der Waals surface area contributed by atoms with Crippen molar-refractivity contribution in [3.8, 4) is 6.07 Å². The van der Waals surface area contributed by atoms with Gasteiger partial charge >= 0.3 is 0 Å². The zero-order chi connectivity index (χ0) is 20.2. The third-order valence-corrected chi connectivity index (χ3v) is 5.98. The molecule has 2 aromatic rings. The maximum Gasteiger partial charge on any atom is 0.259 e. The van der Waals surface area contributed by atoms with E-state index in [0.717, 1.165) is 32.4 Å². The monoisotopic (exact) mass is 390 g/mol. The minimum atomic E-state index is -1.73. The number of fused-ring (bicyclic) bond motifs is 4. The number of nitriles is 1. The first-order valence-corrected chi connectivity index (χ1v) is 9.58. The van der Waals surface area contributed by atoms with Crippen LogP contribution in [0.2, 0.25) is 0 Å². The number of H-pyrrole nitrogens is 1. The molecule has 9 heteroatoms. The van der Waals surface area contributed by atoms with Crippen molar-refractivity contribution in [2.45, 2.75) is 24.7 Å². The van der Waals surface area contributed by atoms with E-state index in [1.807, 2.05) is 11.0 Å². The van der Waals surface area contributed by atoms with E-state index in [4.69, 9.17) is 0 Å². The molecule has 0 radical (unpaired) electrons. The fraction of sp³-hybridized carbons (Fsp3) is 0.350. The molecule has 1 fully saturated rings. The molecular weight excluding hydrogens is 372 g/mol. The lowest BCUT2D eigenvalue weighted by molar-refractivity contribution is -0.127. The van der Waals surface area contributed by atoms with E-state index >= 15 is 0 Å². The van der Waals surface area contributed by atoms with Crippen LogP contribution in [0.1, 0.15) is 30.4 Å². The Morgan fingerprint density at radius 1 is 1.10 bits per heavy atom. The highest BCUT2D eigenvalue weighted by Crippen LogP contribution is 2.50. The van der Waals surface area contributed by atoms with E-state index in [9.17, 15) is 19.6 Å². The molecule has 1 aromatic carbocycles. The fourth-order valence-corrected chi connectivity index (χ4v) is 4.67. The topological polar surface area (TPSA) is 131 Å². The van der Waals surface area contributed by atoms with Crippen LogP contribution in [-0.2, 0) is 15.0 Å². The molecule has 3 N–H and O–H groups in total. The predicted octanol–water partition coefficient (Wildman–Crippen LogP) is 1.09. The number of anilines is 3. The summed E-state index contributed by atoms with van der Waals surface area (Å²) in [6.07, 6.45) is 3.10. The van der Waals surface area contributed by atoms with Gasteiger partial charge in [0, 0.05) is 18.8 Å². The molecule has 9 nitrogen and oxygen atoms in total. The van der Waals surface area contributed by atoms with E-state index in [1.54, 1.807) is 24.3 Å². The van der Waals surface area contributed by atoms with Gasteiger partial charge in [0.05, 0.1) is 11.6 Å². The van der Waals surface area contributed by atoms with Crippen LogP contribution in [0.15, 0.2) is 29.1 Å². The van der Waals surface area contributed by atoms with Crippen LogP contribution < -0.4 is 21.1 Å². The van der Waals surface area contributed by atoms with Crippen LogP contribution in [0.5, 0.6) is 0 Å². The van der Waals surface area contributed by atoms with Crippen LogP contribution in [-0.4, -0.2) is 34.9 Å². The number of amides is 2. The van der Waals surface area contributed by atoms with Gasteiger partial charge in [-0.2, -0.15) is 10.2 Å². The van der Waals surface area contributed by atoms with E-state index in [1.165, 1.54) is 0 Å². The highest BCUT2D eigenvalue weighted by atomic mass is 16.2. The predicted molar refractivity (Wildman–Crippen MR) is 105 cm³/mol. The average Bonchev–Trinajstić information content (AvgIpc) is 3.01. The number of rotatable bonds is 1. The molecule has 0 bridgehead atoms. The number of benzene rings is 1. The Bertz CT molecular complexity index is 1140. The molecule has 146 valence electrons. The Morgan fingerprint density at radius 3 is 2.62 bits per heavy atom. The lowest BCUT2D eigenvalue weighted by Crippen LogP contribution is -2.54. The highest BCUT2D eigenvalue weighted by molar-refractivity contribution is 6.16. The molecule has 2 unspecified atom stereocenters. The van der Waals surface area contributed by atoms with E-state index in [2.05, 4.69) is 20.6 Å². The van der Waals surface area contributed by atoms with Crippen LogP contribution in [0.4, 0.5) is 17.5 Å². The number of hydrogen-bond acceptors (Lipinski definition) is 6. The zero-order valence-electron chi connectivity index (χ0n) is 15.5. The maximum atomic E-state index is 13.2. The van der Waals surface area contributed by atoms with Crippen LogP contribution in [0.25, 0.3) is 0 Å². The number of carbonyl (C=O) groups excluding carboxylic acids is 2. The summed E-state index contributed by atoms with van der Waals surface area (Å²) < 4.78 is 0. The summed E-state index contributed by atoms with van der Waals surface area (Å²) >= 11 is 0. The van der Waals surface area contributed by atoms with Gasteiger partial charge < -0.3 is 15.5 Å². The first kappa shape index (κ1) is 17.4. The van der Waals surface area contributed by atoms with Crippen molar-refractivity contribution in [2.24, 2.45) is 5.92 Å². The SMILES string of the molecule is N#CC1C(=O)Nc2nc(N3CCCCC3)[nH]c(=O)c2C12C(=O)Nc1ccccc12. The van der Waals surface area contributed by atoms with Crippen molar-refractivity contribution in [1.29, 1.82) is 5.26 Å². The first-order chi connectivity index (χ1) is 14.1. The summed E-state index contributed by atoms with van der Waals surface area (Å²) in [5, 5.41) is 15.1. The summed E-state index contributed by atoms with van der Waals surface area (Å²) in [7, 11) is 0. The second-order valence-corrected chi connectivity index (χ2v) is 7.52. The Morgan fingerprint density at radius 2 is 1.86 bits per heavy atom. The summed E-state index contributed by atoms with van der Waals surface area (Å²) in [4.78, 5) is 48.5. The van der Waals surface area contributed by atoms with Gasteiger partial charge in [0.15, 0.2) is 0 Å². The molecule has 2 amide bonds. The average molecular weight is 390 g/mol. The van der Waals surface area contributed by atoms with Gasteiger partial charge in [-0.05, 0) is 30.9 Å². The van der Waals surface area contributed by atoms with Gasteiger partial charge in [-0.3, -0.25) is 19.4 Å². The molecule has 3 aliphatic rings. The number of para-hydroxylation sites is 1. The van der Waals surface area contributed by atoms with Gasteiger partial charge in [-0.15, -0.1) is 0 Å². The summed E-state index contributed by atoms with van der Waals surface area (Å²) in [6.45, 7) is 1.51. The maximum absolute atomic E-state index is 13.2.